The average molecular weight is 176 g/mol. The average Bonchev–Trinajstić information content (AvgIpc) is 2.70. The summed E-state index contributed by atoms with van der Waals surface area (Å²) in [7, 11) is 0. The smallest absolute Gasteiger partial charge is 0.435 e. The van der Waals surface area contributed by atoms with Crippen LogP contribution in [0.25, 0.3) is 0 Å². The lowest BCUT2D eigenvalue weighted by molar-refractivity contribution is 0.0448. The summed E-state index contributed by atoms with van der Waals surface area (Å²) < 4.78 is 9.69. The van der Waals surface area contributed by atoms with E-state index in [0.29, 0.717) is 6.61 Å². The van der Waals surface area contributed by atoms with Crippen LogP contribution in [0.5, 0.6) is 0 Å². The Bertz CT molecular complexity index is 154. The molecule has 0 aliphatic heterocycles. The van der Waals surface area contributed by atoms with Gasteiger partial charge in [0.1, 0.15) is 0 Å². The molecule has 1 fully saturated rings. The van der Waals surface area contributed by atoms with Gasteiger partial charge in [0.05, 0.1) is 6.61 Å². The van der Waals surface area contributed by atoms with Crippen molar-refractivity contribution in [3.63, 3.8) is 0 Å². The molecule has 1 aliphatic rings. The van der Waals surface area contributed by atoms with Gasteiger partial charge in [-0.25, -0.2) is 4.79 Å². The molecule has 11 heavy (non-hydrogen) atoms. The van der Waals surface area contributed by atoms with Crippen LogP contribution in [0.4, 0.5) is 4.79 Å². The van der Waals surface area contributed by atoms with E-state index in [1.807, 2.05) is 6.26 Å². The van der Waals surface area contributed by atoms with E-state index in [4.69, 9.17) is 4.74 Å². The van der Waals surface area contributed by atoms with Crippen molar-refractivity contribution in [1.82, 2.24) is 0 Å². The maximum Gasteiger partial charge on any atom is 0.509 e. The van der Waals surface area contributed by atoms with Crippen molar-refractivity contribution in [2.75, 3.05) is 12.9 Å². The summed E-state index contributed by atoms with van der Waals surface area (Å²) in [6.07, 6.45) is 3.30. The van der Waals surface area contributed by atoms with E-state index in [-0.39, 0.29) is 4.93 Å². The number of ether oxygens (including phenoxy) is 2. The summed E-state index contributed by atoms with van der Waals surface area (Å²) in [6.45, 7) is 2.14. The third-order valence-corrected chi connectivity index (χ3v) is 2.80. The highest BCUT2D eigenvalue weighted by molar-refractivity contribution is 8.00. The third kappa shape index (κ3) is 2.29. The van der Waals surface area contributed by atoms with E-state index < -0.39 is 6.16 Å². The topological polar surface area (TPSA) is 35.5 Å². The summed E-state index contributed by atoms with van der Waals surface area (Å²) in [6, 6.07) is 0. The second-order valence-electron chi connectivity index (χ2n) is 2.40. The van der Waals surface area contributed by atoms with Gasteiger partial charge in [-0.2, -0.15) is 0 Å². The van der Waals surface area contributed by atoms with Crippen LogP contribution in [0.3, 0.4) is 0 Å². The van der Waals surface area contributed by atoms with E-state index in [0.717, 1.165) is 12.8 Å². The van der Waals surface area contributed by atoms with Crippen molar-refractivity contribution in [2.45, 2.75) is 24.7 Å². The predicted octanol–water partition coefficient (Wildman–Crippen LogP) is 2.01. The maximum atomic E-state index is 10.8. The fourth-order valence-corrected chi connectivity index (χ4v) is 1.41. The zero-order valence-corrected chi connectivity index (χ0v) is 7.57. The SMILES string of the molecule is CCOC(=O)OC1(SC)CC1. The largest absolute Gasteiger partial charge is 0.509 e. The molecule has 0 amide bonds. The first kappa shape index (κ1) is 8.71. The van der Waals surface area contributed by atoms with Gasteiger partial charge in [0.25, 0.3) is 0 Å². The molecule has 0 aromatic heterocycles. The van der Waals surface area contributed by atoms with E-state index in [2.05, 4.69) is 4.74 Å². The maximum absolute atomic E-state index is 10.8. The minimum Gasteiger partial charge on any atom is -0.435 e. The molecule has 3 nitrogen and oxygen atoms in total. The normalized spacial score (nSPS) is 19.1. The highest BCUT2D eigenvalue weighted by atomic mass is 32.2. The predicted molar refractivity (Wildman–Crippen MR) is 43.6 cm³/mol. The Balaban J connectivity index is 2.24. The van der Waals surface area contributed by atoms with Crippen molar-refractivity contribution in [3.8, 4) is 0 Å². The molecule has 0 bridgehead atoms. The molecule has 0 spiro atoms. The third-order valence-electron chi connectivity index (χ3n) is 1.56. The lowest BCUT2D eigenvalue weighted by Crippen LogP contribution is -2.16. The number of rotatable bonds is 3. The zero-order valence-electron chi connectivity index (χ0n) is 6.75. The molecule has 4 heteroatoms. The quantitative estimate of drug-likeness (QED) is 0.487. The van der Waals surface area contributed by atoms with Crippen LogP contribution < -0.4 is 0 Å². The molecule has 0 heterocycles. The van der Waals surface area contributed by atoms with E-state index in [1.165, 1.54) is 0 Å². The Labute approximate surface area is 70.4 Å². The zero-order chi connectivity index (χ0) is 8.32. The lowest BCUT2D eigenvalue weighted by atomic mass is 10.8. The van der Waals surface area contributed by atoms with Crippen LogP contribution >= 0.6 is 11.8 Å². The van der Waals surface area contributed by atoms with Crippen LogP contribution in [0.2, 0.25) is 0 Å². The molecular weight excluding hydrogens is 164 g/mol. The van der Waals surface area contributed by atoms with Crippen molar-refractivity contribution < 1.29 is 14.3 Å². The molecule has 1 saturated carbocycles. The van der Waals surface area contributed by atoms with Gasteiger partial charge in [-0.05, 0) is 13.2 Å². The van der Waals surface area contributed by atoms with Crippen LogP contribution in [0.15, 0.2) is 0 Å². The number of carbonyl (C=O) groups is 1. The minimum absolute atomic E-state index is 0.244. The van der Waals surface area contributed by atoms with Crippen molar-refractivity contribution >= 4 is 17.9 Å². The van der Waals surface area contributed by atoms with Crippen LogP contribution in [-0.4, -0.2) is 24.0 Å². The van der Waals surface area contributed by atoms with E-state index in [9.17, 15) is 4.79 Å². The van der Waals surface area contributed by atoms with Gasteiger partial charge in [-0.1, -0.05) is 0 Å². The minimum atomic E-state index is -0.542. The monoisotopic (exact) mass is 176 g/mol. The summed E-state index contributed by atoms with van der Waals surface area (Å²) in [4.78, 5) is 10.6. The van der Waals surface area contributed by atoms with Crippen molar-refractivity contribution in [2.24, 2.45) is 0 Å². The Morgan fingerprint density at radius 3 is 2.64 bits per heavy atom. The van der Waals surface area contributed by atoms with Gasteiger partial charge in [-0.15, -0.1) is 11.8 Å². The molecule has 0 saturated heterocycles. The van der Waals surface area contributed by atoms with Crippen LogP contribution in [0, 0.1) is 0 Å². The Morgan fingerprint density at radius 2 is 2.27 bits per heavy atom. The van der Waals surface area contributed by atoms with E-state index >= 15 is 0 Å². The molecule has 0 N–H and O–H groups in total. The second-order valence-corrected chi connectivity index (χ2v) is 3.55. The summed E-state index contributed by atoms with van der Waals surface area (Å²) >= 11 is 1.57. The fraction of sp³-hybridized carbons (Fsp3) is 0.857. The van der Waals surface area contributed by atoms with Crippen LogP contribution in [-0.2, 0) is 9.47 Å². The fourth-order valence-electron chi connectivity index (χ4n) is 0.749. The van der Waals surface area contributed by atoms with Gasteiger partial charge in [0, 0.05) is 12.8 Å². The first-order chi connectivity index (χ1) is 5.22. The standard InChI is InChI=1S/C7H12O3S/c1-3-9-6(8)10-7(11-2)4-5-7/h3-5H2,1-2H3. The van der Waals surface area contributed by atoms with E-state index in [1.54, 1.807) is 18.7 Å². The molecule has 0 atom stereocenters. The summed E-state index contributed by atoms with van der Waals surface area (Å²) in [5, 5.41) is 0. The van der Waals surface area contributed by atoms with Crippen LogP contribution in [0.1, 0.15) is 19.8 Å². The van der Waals surface area contributed by atoms with Crippen molar-refractivity contribution in [3.05, 3.63) is 0 Å². The molecule has 64 valence electrons. The summed E-state index contributed by atoms with van der Waals surface area (Å²) in [5.74, 6) is 0. The number of thioether (sulfide) groups is 1. The number of hydrogen-bond acceptors (Lipinski definition) is 4. The molecule has 1 aliphatic carbocycles. The first-order valence-corrected chi connectivity index (χ1v) is 4.86. The molecule has 0 radical (unpaired) electrons. The van der Waals surface area contributed by atoms with Gasteiger partial charge in [-0.3, -0.25) is 0 Å². The number of hydrogen-bond donors (Lipinski definition) is 0. The van der Waals surface area contributed by atoms with Gasteiger partial charge < -0.3 is 9.47 Å². The van der Waals surface area contributed by atoms with Crippen molar-refractivity contribution in [1.29, 1.82) is 0 Å². The number of carbonyl (C=O) groups excluding carboxylic acids is 1. The van der Waals surface area contributed by atoms with Gasteiger partial charge >= 0.3 is 6.16 Å². The lowest BCUT2D eigenvalue weighted by Gasteiger charge is -2.12. The second kappa shape index (κ2) is 3.34. The highest BCUT2D eigenvalue weighted by Gasteiger charge is 2.46. The molecule has 0 aromatic rings. The van der Waals surface area contributed by atoms with Gasteiger partial charge in [0.2, 0.25) is 0 Å². The molecule has 1 rings (SSSR count). The van der Waals surface area contributed by atoms with Gasteiger partial charge in [0.15, 0.2) is 4.93 Å². The Morgan fingerprint density at radius 1 is 1.64 bits per heavy atom. The first-order valence-electron chi connectivity index (χ1n) is 3.63. The highest BCUT2D eigenvalue weighted by Crippen LogP contribution is 2.48. The Hall–Kier alpha value is -0.380. The summed E-state index contributed by atoms with van der Waals surface area (Å²) in [5.41, 5.74) is 0. The molecular formula is C7H12O3S. The molecule has 0 aromatic carbocycles. The molecule has 0 unspecified atom stereocenters. The Kier molecular flexibility index (Phi) is 2.65.